The Morgan fingerprint density at radius 3 is 2.55 bits per heavy atom. The Bertz CT molecular complexity index is 943. The molecule has 0 aliphatic rings. The minimum absolute atomic E-state index is 0.0373. The van der Waals surface area contributed by atoms with E-state index in [1.807, 2.05) is 66.1 Å². The second kappa shape index (κ2) is 10.1. The topological polar surface area (TPSA) is 60.2 Å². The van der Waals surface area contributed by atoms with Gasteiger partial charge in [-0.3, -0.25) is 4.79 Å². The van der Waals surface area contributed by atoms with Crippen molar-refractivity contribution in [3.05, 3.63) is 60.2 Å². The number of nitrogens with zero attached hydrogens (tertiary/aromatic N) is 4. The molecule has 3 rings (SSSR count). The molecule has 0 bridgehead atoms. The third-order valence-electron chi connectivity index (χ3n) is 4.59. The van der Waals surface area contributed by atoms with Crippen molar-refractivity contribution in [2.24, 2.45) is 0 Å². The van der Waals surface area contributed by atoms with Crippen LogP contribution in [0.4, 0.5) is 0 Å². The smallest absolute Gasteiger partial charge is 0.232 e. The van der Waals surface area contributed by atoms with Gasteiger partial charge in [-0.25, -0.2) is 0 Å². The van der Waals surface area contributed by atoms with Crippen molar-refractivity contribution in [2.75, 3.05) is 26.0 Å². The number of likely N-dealkylation sites (N-methyl/N-ethyl adjacent to an activating group) is 1. The fourth-order valence-corrected chi connectivity index (χ4v) is 3.80. The first-order valence-electron chi connectivity index (χ1n) is 9.64. The molecule has 0 atom stereocenters. The first-order chi connectivity index (χ1) is 14.1. The molecule has 0 aliphatic carbocycles. The molecule has 0 fully saturated rings. The number of thioether (sulfide) groups is 1. The maximum absolute atomic E-state index is 12.5. The number of amides is 1. The van der Waals surface area contributed by atoms with Crippen LogP contribution < -0.4 is 4.74 Å². The quantitative estimate of drug-likeness (QED) is 0.501. The molecule has 29 heavy (non-hydrogen) atoms. The SMILES string of the molecule is CCn1c(SCC(=O)N(C)CCOc2ccccc2C)nnc1-c1ccccc1. The summed E-state index contributed by atoms with van der Waals surface area (Å²) in [5, 5.41) is 9.36. The summed E-state index contributed by atoms with van der Waals surface area (Å²) in [6.45, 7) is 5.80. The third kappa shape index (κ3) is 5.38. The van der Waals surface area contributed by atoms with Crippen LogP contribution in [0.25, 0.3) is 11.4 Å². The largest absolute Gasteiger partial charge is 0.491 e. The Morgan fingerprint density at radius 1 is 1.10 bits per heavy atom. The van der Waals surface area contributed by atoms with Crippen molar-refractivity contribution >= 4 is 17.7 Å². The van der Waals surface area contributed by atoms with E-state index in [2.05, 4.69) is 17.1 Å². The van der Waals surface area contributed by atoms with E-state index >= 15 is 0 Å². The van der Waals surface area contributed by atoms with Gasteiger partial charge in [0, 0.05) is 19.2 Å². The Morgan fingerprint density at radius 2 is 1.83 bits per heavy atom. The van der Waals surface area contributed by atoms with Crippen LogP contribution in [0.3, 0.4) is 0 Å². The zero-order chi connectivity index (χ0) is 20.6. The number of carbonyl (C=O) groups is 1. The second-order valence-corrected chi connectivity index (χ2v) is 7.58. The number of aromatic nitrogens is 3. The fourth-order valence-electron chi connectivity index (χ4n) is 2.85. The maximum Gasteiger partial charge on any atom is 0.232 e. The van der Waals surface area contributed by atoms with Crippen LogP contribution >= 0.6 is 11.8 Å². The van der Waals surface area contributed by atoms with E-state index in [0.29, 0.717) is 18.9 Å². The molecule has 0 unspecified atom stereocenters. The molecule has 1 aromatic heterocycles. The number of hydrogen-bond acceptors (Lipinski definition) is 5. The van der Waals surface area contributed by atoms with Gasteiger partial charge in [-0.15, -0.1) is 10.2 Å². The van der Waals surface area contributed by atoms with Gasteiger partial charge >= 0.3 is 0 Å². The molecule has 0 spiro atoms. The predicted molar refractivity (Wildman–Crippen MR) is 116 cm³/mol. The van der Waals surface area contributed by atoms with Crippen LogP contribution in [-0.4, -0.2) is 51.5 Å². The van der Waals surface area contributed by atoms with E-state index in [9.17, 15) is 4.79 Å². The van der Waals surface area contributed by atoms with Gasteiger partial charge in [-0.05, 0) is 25.5 Å². The van der Waals surface area contributed by atoms with Crippen LogP contribution in [-0.2, 0) is 11.3 Å². The van der Waals surface area contributed by atoms with Crippen molar-refractivity contribution < 1.29 is 9.53 Å². The van der Waals surface area contributed by atoms with Crippen LogP contribution in [0.5, 0.6) is 5.75 Å². The van der Waals surface area contributed by atoms with Crippen molar-refractivity contribution in [1.29, 1.82) is 0 Å². The van der Waals surface area contributed by atoms with E-state index < -0.39 is 0 Å². The van der Waals surface area contributed by atoms with E-state index in [1.54, 1.807) is 11.9 Å². The summed E-state index contributed by atoms with van der Waals surface area (Å²) < 4.78 is 7.82. The molecule has 1 amide bonds. The van der Waals surface area contributed by atoms with Gasteiger partial charge in [0.1, 0.15) is 12.4 Å². The van der Waals surface area contributed by atoms with E-state index in [1.165, 1.54) is 11.8 Å². The zero-order valence-electron chi connectivity index (χ0n) is 17.0. The van der Waals surface area contributed by atoms with Crippen LogP contribution in [0, 0.1) is 6.92 Å². The lowest BCUT2D eigenvalue weighted by Crippen LogP contribution is -2.32. The Labute approximate surface area is 175 Å². The predicted octanol–water partition coefficient (Wildman–Crippen LogP) is 3.90. The molecule has 6 nitrogen and oxygen atoms in total. The van der Waals surface area contributed by atoms with Crippen molar-refractivity contribution in [3.63, 3.8) is 0 Å². The van der Waals surface area contributed by atoms with Gasteiger partial charge in [0.05, 0.1) is 12.3 Å². The molecule has 0 saturated carbocycles. The lowest BCUT2D eigenvalue weighted by Gasteiger charge is -2.18. The Balaban J connectivity index is 1.52. The maximum atomic E-state index is 12.5. The number of carbonyl (C=O) groups excluding carboxylic acids is 1. The van der Waals surface area contributed by atoms with Gasteiger partial charge in [0.2, 0.25) is 5.91 Å². The fraction of sp³-hybridized carbons (Fsp3) is 0.318. The summed E-state index contributed by atoms with van der Waals surface area (Å²) in [5.41, 5.74) is 2.11. The molecule has 0 radical (unpaired) electrons. The molecule has 3 aromatic rings. The van der Waals surface area contributed by atoms with Crippen LogP contribution in [0.1, 0.15) is 12.5 Å². The van der Waals surface area contributed by atoms with Gasteiger partial charge < -0.3 is 14.2 Å². The minimum atomic E-state index is 0.0373. The highest BCUT2D eigenvalue weighted by Crippen LogP contribution is 2.24. The van der Waals surface area contributed by atoms with Gasteiger partial charge in [-0.1, -0.05) is 60.3 Å². The molecule has 0 N–H and O–H groups in total. The second-order valence-electron chi connectivity index (χ2n) is 6.63. The highest BCUT2D eigenvalue weighted by atomic mass is 32.2. The van der Waals surface area contributed by atoms with E-state index in [-0.39, 0.29) is 5.91 Å². The third-order valence-corrected chi connectivity index (χ3v) is 5.54. The number of rotatable bonds is 9. The van der Waals surface area contributed by atoms with Gasteiger partial charge in [0.25, 0.3) is 0 Å². The number of aryl methyl sites for hydroxylation is 1. The molecule has 152 valence electrons. The number of hydrogen-bond donors (Lipinski definition) is 0. The summed E-state index contributed by atoms with van der Waals surface area (Å²) in [6.07, 6.45) is 0. The van der Waals surface area contributed by atoms with Gasteiger partial charge in [-0.2, -0.15) is 0 Å². The summed E-state index contributed by atoms with van der Waals surface area (Å²) >= 11 is 1.41. The van der Waals surface area contributed by atoms with Gasteiger partial charge in [0.15, 0.2) is 11.0 Å². The van der Waals surface area contributed by atoms with E-state index in [4.69, 9.17) is 4.74 Å². The van der Waals surface area contributed by atoms with E-state index in [0.717, 1.165) is 34.4 Å². The van der Waals surface area contributed by atoms with Crippen molar-refractivity contribution in [1.82, 2.24) is 19.7 Å². The van der Waals surface area contributed by atoms with Crippen molar-refractivity contribution in [2.45, 2.75) is 25.5 Å². The Kier molecular flexibility index (Phi) is 7.30. The van der Waals surface area contributed by atoms with Crippen LogP contribution in [0.2, 0.25) is 0 Å². The number of ether oxygens (including phenoxy) is 1. The standard InChI is InChI=1S/C22H26N4O2S/c1-4-26-21(18-11-6-5-7-12-18)23-24-22(26)29-16-20(27)25(3)14-15-28-19-13-9-8-10-17(19)2/h5-13H,4,14-16H2,1-3H3. The lowest BCUT2D eigenvalue weighted by atomic mass is 10.2. The monoisotopic (exact) mass is 410 g/mol. The molecule has 0 saturated heterocycles. The minimum Gasteiger partial charge on any atom is -0.491 e. The number of benzene rings is 2. The highest BCUT2D eigenvalue weighted by Gasteiger charge is 2.16. The average molecular weight is 411 g/mol. The first kappa shape index (κ1) is 20.9. The molecule has 1 heterocycles. The van der Waals surface area contributed by atoms with Crippen LogP contribution in [0.15, 0.2) is 59.8 Å². The first-order valence-corrected chi connectivity index (χ1v) is 10.6. The molecule has 2 aromatic carbocycles. The molecule has 0 aliphatic heterocycles. The summed E-state index contributed by atoms with van der Waals surface area (Å²) in [6, 6.07) is 17.8. The summed E-state index contributed by atoms with van der Waals surface area (Å²) in [7, 11) is 1.80. The Hall–Kier alpha value is -2.80. The van der Waals surface area contributed by atoms with Crippen molar-refractivity contribution in [3.8, 4) is 17.1 Å². The number of para-hydroxylation sites is 1. The molecular weight excluding hydrogens is 384 g/mol. The highest BCUT2D eigenvalue weighted by molar-refractivity contribution is 7.99. The average Bonchev–Trinajstić information content (AvgIpc) is 3.16. The zero-order valence-corrected chi connectivity index (χ0v) is 17.9. The lowest BCUT2D eigenvalue weighted by molar-refractivity contribution is -0.127. The summed E-state index contributed by atoms with van der Waals surface area (Å²) in [5.74, 6) is 2.03. The summed E-state index contributed by atoms with van der Waals surface area (Å²) in [4.78, 5) is 14.2. The normalized spacial score (nSPS) is 10.7. The molecular formula is C22H26N4O2S. The molecule has 7 heteroatoms.